The molecule has 6 nitrogen and oxygen atoms in total. The van der Waals surface area contributed by atoms with Gasteiger partial charge in [0.15, 0.2) is 6.54 Å². The van der Waals surface area contributed by atoms with Gasteiger partial charge in [0.1, 0.15) is 44.2 Å². The van der Waals surface area contributed by atoms with E-state index in [2.05, 4.69) is 47.8 Å². The summed E-state index contributed by atoms with van der Waals surface area (Å²) in [5, 5.41) is 5.63. The molecule has 0 aliphatic carbocycles. The Labute approximate surface area is 183 Å². The van der Waals surface area contributed by atoms with Crippen LogP contribution in [0.5, 0.6) is 11.5 Å². The molecular weight excluding hydrogens is 390 g/mol. The molecule has 31 heavy (non-hydrogen) atoms. The van der Waals surface area contributed by atoms with E-state index in [1.165, 1.54) is 21.2 Å². The van der Waals surface area contributed by atoms with Gasteiger partial charge in [-0.05, 0) is 22.9 Å². The Morgan fingerprint density at radius 2 is 1.65 bits per heavy atom. The van der Waals surface area contributed by atoms with Crippen molar-refractivity contribution in [3.8, 4) is 11.5 Å². The highest BCUT2D eigenvalue weighted by molar-refractivity contribution is 5.93. The molecule has 0 unspecified atom stereocenters. The quantitative estimate of drug-likeness (QED) is 0.529. The molecule has 0 bridgehead atoms. The van der Waals surface area contributed by atoms with Gasteiger partial charge >= 0.3 is 0 Å². The molecule has 0 spiro atoms. The number of benzene rings is 3. The zero-order chi connectivity index (χ0) is 21.6. The third kappa shape index (κ3) is 5.16. The molecule has 6 heteroatoms. The number of anilines is 1. The minimum atomic E-state index is -0.000874. The van der Waals surface area contributed by atoms with Crippen molar-refractivity contribution in [1.29, 1.82) is 0 Å². The van der Waals surface area contributed by atoms with E-state index in [9.17, 15) is 4.79 Å². The first-order valence-corrected chi connectivity index (χ1v) is 10.8. The van der Waals surface area contributed by atoms with Gasteiger partial charge < -0.3 is 24.6 Å². The van der Waals surface area contributed by atoms with Crippen LogP contribution in [0.25, 0.3) is 10.8 Å². The van der Waals surface area contributed by atoms with Crippen LogP contribution in [0.3, 0.4) is 0 Å². The number of hydrogen-bond acceptors (Lipinski definition) is 3. The fraction of sp³-hybridized carbons (Fsp3) is 0.320. The largest absolute Gasteiger partial charge is 0.497 e. The van der Waals surface area contributed by atoms with Gasteiger partial charge in [-0.25, -0.2) is 0 Å². The minimum absolute atomic E-state index is 0.000874. The molecule has 1 fully saturated rings. The molecule has 3 aromatic carbocycles. The lowest BCUT2D eigenvalue weighted by Gasteiger charge is -2.29. The van der Waals surface area contributed by atoms with E-state index in [1.54, 1.807) is 31.3 Å². The summed E-state index contributed by atoms with van der Waals surface area (Å²) in [5.41, 5.74) is 2.05. The molecule has 4 rings (SSSR count). The maximum atomic E-state index is 12.6. The van der Waals surface area contributed by atoms with Crippen LogP contribution < -0.4 is 24.6 Å². The number of carbonyl (C=O) groups is 1. The highest BCUT2D eigenvalue weighted by atomic mass is 16.5. The summed E-state index contributed by atoms with van der Waals surface area (Å²) in [6.45, 7) is 5.60. The standard InChI is InChI=1S/C25H29N3O3/c1-30-21-10-11-24(31-2)23(16-21)26-25(29)18-28-14-12-27(13-15-28)17-20-8-5-7-19-6-3-4-9-22(19)20/h3-11,16H,12-15,17-18H2,1-2H3,(H,26,29)/p+2. The van der Waals surface area contributed by atoms with Crippen LogP contribution in [0.15, 0.2) is 60.7 Å². The second kappa shape index (κ2) is 9.81. The Kier molecular flexibility index (Phi) is 6.70. The highest BCUT2D eigenvalue weighted by Crippen LogP contribution is 2.28. The van der Waals surface area contributed by atoms with Gasteiger partial charge in [0.25, 0.3) is 5.91 Å². The molecule has 1 aliphatic rings. The third-order valence-electron chi connectivity index (χ3n) is 6.08. The van der Waals surface area contributed by atoms with Gasteiger partial charge in [0, 0.05) is 11.6 Å². The molecule has 0 saturated carbocycles. The van der Waals surface area contributed by atoms with Gasteiger partial charge in [0.2, 0.25) is 0 Å². The summed E-state index contributed by atoms with van der Waals surface area (Å²) in [6, 6.07) is 20.6. The van der Waals surface area contributed by atoms with Crippen molar-refractivity contribution in [2.75, 3.05) is 52.3 Å². The summed E-state index contributed by atoms with van der Waals surface area (Å²) >= 11 is 0. The summed E-state index contributed by atoms with van der Waals surface area (Å²) in [6.07, 6.45) is 0. The van der Waals surface area contributed by atoms with E-state index in [4.69, 9.17) is 9.47 Å². The number of rotatable bonds is 7. The molecule has 1 saturated heterocycles. The second-order valence-corrected chi connectivity index (χ2v) is 8.11. The van der Waals surface area contributed by atoms with Crippen LogP contribution in [-0.2, 0) is 11.3 Å². The first-order valence-electron chi connectivity index (χ1n) is 10.8. The van der Waals surface area contributed by atoms with Crippen molar-refractivity contribution < 1.29 is 24.1 Å². The number of hydrogen-bond donors (Lipinski definition) is 3. The van der Waals surface area contributed by atoms with E-state index < -0.39 is 0 Å². The van der Waals surface area contributed by atoms with Gasteiger partial charge in [0.05, 0.1) is 19.9 Å². The zero-order valence-electron chi connectivity index (χ0n) is 18.2. The second-order valence-electron chi connectivity index (χ2n) is 8.11. The Balaban J connectivity index is 1.31. The Morgan fingerprint density at radius 3 is 2.42 bits per heavy atom. The summed E-state index contributed by atoms with van der Waals surface area (Å²) in [7, 11) is 3.21. The number of quaternary nitrogens is 2. The number of carbonyl (C=O) groups excluding carboxylic acids is 1. The average molecular weight is 422 g/mol. The van der Waals surface area contributed by atoms with Gasteiger partial charge in [-0.3, -0.25) is 4.79 Å². The van der Waals surface area contributed by atoms with E-state index in [1.807, 2.05) is 6.07 Å². The minimum Gasteiger partial charge on any atom is -0.497 e. The lowest BCUT2D eigenvalue weighted by molar-refractivity contribution is -1.01. The fourth-order valence-corrected chi connectivity index (χ4v) is 4.36. The predicted molar refractivity (Wildman–Crippen MR) is 122 cm³/mol. The SMILES string of the molecule is COc1ccc(OC)c(NC(=O)C[NH+]2CC[NH+](Cc3cccc4ccccc34)CC2)c1. The smallest absolute Gasteiger partial charge is 0.279 e. The maximum Gasteiger partial charge on any atom is 0.279 e. The molecule has 1 aliphatic heterocycles. The van der Waals surface area contributed by atoms with Gasteiger partial charge in [-0.2, -0.15) is 0 Å². The van der Waals surface area contributed by atoms with E-state index in [0.29, 0.717) is 23.7 Å². The normalized spacial score (nSPS) is 18.5. The molecule has 162 valence electrons. The Hall–Kier alpha value is -3.09. The summed E-state index contributed by atoms with van der Waals surface area (Å²) < 4.78 is 10.6. The van der Waals surface area contributed by atoms with E-state index in [-0.39, 0.29) is 5.91 Å². The lowest BCUT2D eigenvalue weighted by Crippen LogP contribution is -3.28. The third-order valence-corrected chi connectivity index (χ3v) is 6.08. The number of nitrogens with one attached hydrogen (secondary N) is 3. The van der Waals surface area contributed by atoms with Gasteiger partial charge in [-0.15, -0.1) is 0 Å². The molecule has 1 amide bonds. The van der Waals surface area contributed by atoms with Crippen LogP contribution in [0.1, 0.15) is 5.56 Å². The van der Waals surface area contributed by atoms with Crippen molar-refractivity contribution in [1.82, 2.24) is 0 Å². The van der Waals surface area contributed by atoms with Crippen LogP contribution in [-0.4, -0.2) is 52.9 Å². The number of amides is 1. The Bertz CT molecular complexity index is 1040. The molecule has 0 radical (unpaired) electrons. The van der Waals surface area contributed by atoms with Crippen LogP contribution in [0, 0.1) is 0 Å². The van der Waals surface area contributed by atoms with Crippen molar-refractivity contribution in [2.45, 2.75) is 6.54 Å². The summed E-state index contributed by atoms with van der Waals surface area (Å²) in [5.74, 6) is 1.32. The molecule has 0 atom stereocenters. The van der Waals surface area contributed by atoms with Crippen LogP contribution in [0.2, 0.25) is 0 Å². The summed E-state index contributed by atoms with van der Waals surface area (Å²) in [4.78, 5) is 15.5. The van der Waals surface area contributed by atoms with E-state index in [0.717, 1.165) is 32.7 Å². The van der Waals surface area contributed by atoms with Crippen molar-refractivity contribution in [2.24, 2.45) is 0 Å². The van der Waals surface area contributed by atoms with Crippen LogP contribution in [0.4, 0.5) is 5.69 Å². The first kappa shape index (κ1) is 21.2. The highest BCUT2D eigenvalue weighted by Gasteiger charge is 2.25. The maximum absolute atomic E-state index is 12.6. The molecule has 0 aromatic heterocycles. The molecule has 3 N–H and O–H groups in total. The van der Waals surface area contributed by atoms with Crippen molar-refractivity contribution in [3.05, 3.63) is 66.2 Å². The number of ether oxygens (including phenoxy) is 2. The number of fused-ring (bicyclic) bond motifs is 1. The van der Waals surface area contributed by atoms with Crippen LogP contribution >= 0.6 is 0 Å². The van der Waals surface area contributed by atoms with E-state index >= 15 is 0 Å². The average Bonchev–Trinajstić information content (AvgIpc) is 2.80. The lowest BCUT2D eigenvalue weighted by atomic mass is 10.0. The number of piperazine rings is 1. The molecular formula is C25H31N3O3+2. The zero-order valence-corrected chi connectivity index (χ0v) is 18.2. The number of methoxy groups -OCH3 is 2. The first-order chi connectivity index (χ1) is 15.2. The van der Waals surface area contributed by atoms with Crippen molar-refractivity contribution >= 4 is 22.4 Å². The monoisotopic (exact) mass is 421 g/mol. The molecule has 3 aromatic rings. The molecule has 1 heterocycles. The Morgan fingerprint density at radius 1 is 0.903 bits per heavy atom. The fourth-order valence-electron chi connectivity index (χ4n) is 4.36. The predicted octanol–water partition coefficient (Wildman–Crippen LogP) is 0.779. The van der Waals surface area contributed by atoms with Crippen molar-refractivity contribution in [3.63, 3.8) is 0 Å². The van der Waals surface area contributed by atoms with Gasteiger partial charge in [-0.1, -0.05) is 42.5 Å². The topological polar surface area (TPSA) is 56.4 Å².